The van der Waals surface area contributed by atoms with Gasteiger partial charge in [-0.05, 0) is 24.6 Å². The summed E-state index contributed by atoms with van der Waals surface area (Å²) < 4.78 is 5.28. The highest BCUT2D eigenvalue weighted by atomic mass is 16.5. The van der Waals surface area contributed by atoms with Crippen LogP contribution in [0.5, 0.6) is 5.88 Å². The Balaban J connectivity index is 2.70. The van der Waals surface area contributed by atoms with Crippen molar-refractivity contribution in [2.45, 2.75) is 26.7 Å². The highest BCUT2D eigenvalue weighted by molar-refractivity contribution is 5.75. The molecule has 0 atom stereocenters. The van der Waals surface area contributed by atoms with Gasteiger partial charge in [-0.25, -0.2) is 9.97 Å². The number of rotatable bonds is 2. The molecule has 0 saturated heterocycles. The van der Waals surface area contributed by atoms with Crippen LogP contribution in [0.25, 0.3) is 11.0 Å². The van der Waals surface area contributed by atoms with E-state index in [0.29, 0.717) is 11.8 Å². The molecule has 0 fully saturated rings. The normalized spacial score (nSPS) is 11.1. The Bertz CT molecular complexity index is 521. The number of ether oxygens (including phenoxy) is 1. The first-order chi connectivity index (χ1) is 7.61. The summed E-state index contributed by atoms with van der Waals surface area (Å²) in [5, 5.41) is 0. The first-order valence-electron chi connectivity index (χ1n) is 5.44. The van der Waals surface area contributed by atoms with Crippen molar-refractivity contribution >= 4 is 11.0 Å². The number of aryl methyl sites for hydroxylation is 1. The number of aromatic nitrogens is 2. The summed E-state index contributed by atoms with van der Waals surface area (Å²) >= 11 is 0. The molecule has 0 aliphatic carbocycles. The SMILES string of the molecule is COc1nc2cc(C)ccc2nc1C(C)C. The summed E-state index contributed by atoms with van der Waals surface area (Å²) in [6.45, 7) is 6.23. The molecular weight excluding hydrogens is 200 g/mol. The van der Waals surface area contributed by atoms with Gasteiger partial charge in [0.2, 0.25) is 5.88 Å². The highest BCUT2D eigenvalue weighted by Gasteiger charge is 2.12. The summed E-state index contributed by atoms with van der Waals surface area (Å²) in [7, 11) is 1.64. The fourth-order valence-electron chi connectivity index (χ4n) is 1.69. The molecule has 84 valence electrons. The molecule has 2 aromatic rings. The van der Waals surface area contributed by atoms with Crippen LogP contribution in [0.3, 0.4) is 0 Å². The maximum atomic E-state index is 5.28. The lowest BCUT2D eigenvalue weighted by Crippen LogP contribution is -2.01. The fourth-order valence-corrected chi connectivity index (χ4v) is 1.69. The minimum absolute atomic E-state index is 0.313. The standard InChI is InChI=1S/C13H16N2O/c1-8(2)12-13(16-4)15-11-7-9(3)5-6-10(11)14-12/h5-8H,1-4H3. The molecule has 0 radical (unpaired) electrons. The van der Waals surface area contributed by atoms with Crippen LogP contribution in [0, 0.1) is 6.92 Å². The number of benzene rings is 1. The number of hydrogen-bond donors (Lipinski definition) is 0. The van der Waals surface area contributed by atoms with Crippen molar-refractivity contribution in [1.82, 2.24) is 9.97 Å². The lowest BCUT2D eigenvalue weighted by Gasteiger charge is -2.10. The van der Waals surface area contributed by atoms with Gasteiger partial charge in [-0.1, -0.05) is 19.9 Å². The first kappa shape index (κ1) is 10.9. The minimum Gasteiger partial charge on any atom is -0.480 e. The maximum Gasteiger partial charge on any atom is 0.236 e. The Labute approximate surface area is 95.5 Å². The second-order valence-electron chi connectivity index (χ2n) is 4.26. The van der Waals surface area contributed by atoms with Crippen LogP contribution in [-0.4, -0.2) is 17.1 Å². The maximum absolute atomic E-state index is 5.28. The third-order valence-corrected chi connectivity index (χ3v) is 2.55. The van der Waals surface area contributed by atoms with E-state index in [4.69, 9.17) is 4.74 Å². The van der Waals surface area contributed by atoms with E-state index in [1.807, 2.05) is 25.1 Å². The summed E-state index contributed by atoms with van der Waals surface area (Å²) in [6, 6.07) is 6.07. The second-order valence-corrected chi connectivity index (χ2v) is 4.26. The minimum atomic E-state index is 0.313. The van der Waals surface area contributed by atoms with Gasteiger partial charge in [0.15, 0.2) is 0 Å². The summed E-state index contributed by atoms with van der Waals surface area (Å²) in [4.78, 5) is 9.09. The molecule has 0 saturated carbocycles. The smallest absolute Gasteiger partial charge is 0.236 e. The van der Waals surface area contributed by atoms with E-state index in [9.17, 15) is 0 Å². The van der Waals surface area contributed by atoms with Crippen molar-refractivity contribution < 1.29 is 4.74 Å². The average Bonchev–Trinajstić information content (AvgIpc) is 2.26. The molecule has 2 rings (SSSR count). The van der Waals surface area contributed by atoms with Gasteiger partial charge in [0.1, 0.15) is 5.69 Å². The third kappa shape index (κ3) is 1.85. The van der Waals surface area contributed by atoms with Gasteiger partial charge >= 0.3 is 0 Å². The van der Waals surface area contributed by atoms with Gasteiger partial charge < -0.3 is 4.74 Å². The summed E-state index contributed by atoms with van der Waals surface area (Å²) in [5.41, 5.74) is 3.91. The van der Waals surface area contributed by atoms with Crippen LogP contribution >= 0.6 is 0 Å². The Morgan fingerprint density at radius 3 is 2.50 bits per heavy atom. The molecule has 1 heterocycles. The van der Waals surface area contributed by atoms with Gasteiger partial charge in [0, 0.05) is 5.92 Å². The van der Waals surface area contributed by atoms with Crippen LogP contribution in [0.4, 0.5) is 0 Å². The zero-order valence-corrected chi connectivity index (χ0v) is 10.1. The molecule has 0 aliphatic heterocycles. The number of hydrogen-bond acceptors (Lipinski definition) is 3. The van der Waals surface area contributed by atoms with Gasteiger partial charge in [0.05, 0.1) is 18.1 Å². The van der Waals surface area contributed by atoms with E-state index >= 15 is 0 Å². The monoisotopic (exact) mass is 216 g/mol. The fraction of sp³-hybridized carbons (Fsp3) is 0.385. The zero-order valence-electron chi connectivity index (χ0n) is 10.1. The molecule has 16 heavy (non-hydrogen) atoms. The Kier molecular flexibility index (Phi) is 2.77. The van der Waals surface area contributed by atoms with E-state index < -0.39 is 0 Å². The predicted octanol–water partition coefficient (Wildman–Crippen LogP) is 3.07. The molecule has 0 amide bonds. The van der Waals surface area contributed by atoms with Crippen molar-refractivity contribution in [3.8, 4) is 5.88 Å². The van der Waals surface area contributed by atoms with Gasteiger partial charge in [-0.2, -0.15) is 0 Å². The Morgan fingerprint density at radius 2 is 1.88 bits per heavy atom. The van der Waals surface area contributed by atoms with E-state index in [-0.39, 0.29) is 0 Å². The molecule has 1 aromatic carbocycles. The van der Waals surface area contributed by atoms with Crippen LogP contribution in [-0.2, 0) is 0 Å². The van der Waals surface area contributed by atoms with E-state index in [1.165, 1.54) is 5.56 Å². The molecule has 0 bridgehead atoms. The molecular formula is C13H16N2O. The van der Waals surface area contributed by atoms with Crippen molar-refractivity contribution in [3.05, 3.63) is 29.5 Å². The number of fused-ring (bicyclic) bond motifs is 1. The van der Waals surface area contributed by atoms with Crippen molar-refractivity contribution in [2.24, 2.45) is 0 Å². The lowest BCUT2D eigenvalue weighted by atomic mass is 10.1. The molecule has 1 aromatic heterocycles. The van der Waals surface area contributed by atoms with E-state index in [0.717, 1.165) is 16.7 Å². The average molecular weight is 216 g/mol. The lowest BCUT2D eigenvalue weighted by molar-refractivity contribution is 0.389. The van der Waals surface area contributed by atoms with Crippen LogP contribution in [0.15, 0.2) is 18.2 Å². The van der Waals surface area contributed by atoms with E-state index in [1.54, 1.807) is 7.11 Å². The van der Waals surface area contributed by atoms with Crippen molar-refractivity contribution in [1.29, 1.82) is 0 Å². The van der Waals surface area contributed by atoms with Gasteiger partial charge in [-0.15, -0.1) is 0 Å². The second kappa shape index (κ2) is 4.08. The Hall–Kier alpha value is -1.64. The topological polar surface area (TPSA) is 35.0 Å². The Morgan fingerprint density at radius 1 is 1.12 bits per heavy atom. The van der Waals surface area contributed by atoms with E-state index in [2.05, 4.69) is 23.8 Å². The highest BCUT2D eigenvalue weighted by Crippen LogP contribution is 2.25. The van der Waals surface area contributed by atoms with Crippen LogP contribution in [0.1, 0.15) is 31.0 Å². The number of methoxy groups -OCH3 is 1. The molecule has 0 unspecified atom stereocenters. The molecule has 0 N–H and O–H groups in total. The third-order valence-electron chi connectivity index (χ3n) is 2.55. The van der Waals surface area contributed by atoms with Gasteiger partial charge in [-0.3, -0.25) is 0 Å². The molecule has 3 heteroatoms. The predicted molar refractivity (Wildman–Crippen MR) is 64.9 cm³/mol. The van der Waals surface area contributed by atoms with Gasteiger partial charge in [0.25, 0.3) is 0 Å². The van der Waals surface area contributed by atoms with Crippen molar-refractivity contribution in [2.75, 3.05) is 7.11 Å². The van der Waals surface area contributed by atoms with Crippen LogP contribution < -0.4 is 4.74 Å². The largest absolute Gasteiger partial charge is 0.480 e. The zero-order chi connectivity index (χ0) is 11.7. The summed E-state index contributed by atoms with van der Waals surface area (Å²) in [6.07, 6.45) is 0. The van der Waals surface area contributed by atoms with Crippen LogP contribution in [0.2, 0.25) is 0 Å². The summed E-state index contributed by atoms with van der Waals surface area (Å²) in [5.74, 6) is 0.946. The molecule has 0 aliphatic rings. The van der Waals surface area contributed by atoms with Crippen molar-refractivity contribution in [3.63, 3.8) is 0 Å². The quantitative estimate of drug-likeness (QED) is 0.773. The number of nitrogens with zero attached hydrogens (tertiary/aromatic N) is 2. The first-order valence-corrected chi connectivity index (χ1v) is 5.44. The molecule has 3 nitrogen and oxygen atoms in total. The molecule has 0 spiro atoms.